The zero-order valence-electron chi connectivity index (χ0n) is 10.7. The summed E-state index contributed by atoms with van der Waals surface area (Å²) in [6.07, 6.45) is 1.77. The van der Waals surface area contributed by atoms with Gasteiger partial charge in [0.1, 0.15) is 11.3 Å². The Balaban J connectivity index is 1.98. The summed E-state index contributed by atoms with van der Waals surface area (Å²) in [4.78, 5) is 2.68. The molecule has 1 aliphatic heterocycles. The Morgan fingerprint density at radius 1 is 1.37 bits per heavy atom. The van der Waals surface area contributed by atoms with Crippen molar-refractivity contribution in [1.29, 1.82) is 0 Å². The molecule has 98 valence electrons. The summed E-state index contributed by atoms with van der Waals surface area (Å²) >= 11 is 5.16. The first-order chi connectivity index (χ1) is 9.15. The molecule has 6 heteroatoms. The maximum absolute atomic E-state index is 5.84. The fourth-order valence-corrected chi connectivity index (χ4v) is 2.56. The quantitative estimate of drug-likeness (QED) is 0.834. The van der Waals surface area contributed by atoms with Crippen LogP contribution in [-0.2, 0) is 13.1 Å². The van der Waals surface area contributed by atoms with E-state index in [-0.39, 0.29) is 0 Å². The highest BCUT2D eigenvalue weighted by atomic mass is 32.1. The molecule has 0 aliphatic carbocycles. The summed E-state index contributed by atoms with van der Waals surface area (Å²) in [6, 6.07) is 6.20. The van der Waals surface area contributed by atoms with Crippen LogP contribution < -0.4 is 10.6 Å². The van der Waals surface area contributed by atoms with Crippen LogP contribution in [0.1, 0.15) is 17.0 Å². The molecule has 2 aromatic rings. The van der Waals surface area contributed by atoms with Gasteiger partial charge in [-0.3, -0.25) is 0 Å². The van der Waals surface area contributed by atoms with Gasteiger partial charge in [-0.2, -0.15) is 0 Å². The van der Waals surface area contributed by atoms with Crippen molar-refractivity contribution in [2.24, 2.45) is 5.73 Å². The fourth-order valence-electron chi connectivity index (χ4n) is 2.39. The Hall–Kier alpha value is -1.95. The minimum Gasteiger partial charge on any atom is -0.389 e. The molecule has 3 rings (SSSR count). The number of fused-ring (bicyclic) bond motifs is 1. The van der Waals surface area contributed by atoms with Crippen LogP contribution in [0.25, 0.3) is 0 Å². The normalized spacial score (nSPS) is 14.3. The van der Waals surface area contributed by atoms with E-state index in [0.717, 1.165) is 42.3 Å². The smallest absolute Gasteiger partial charge is 0.152 e. The molecule has 19 heavy (non-hydrogen) atoms. The maximum atomic E-state index is 5.84. The number of aromatic nitrogens is 3. The van der Waals surface area contributed by atoms with Crippen LogP contribution in [0.3, 0.4) is 0 Å². The van der Waals surface area contributed by atoms with Gasteiger partial charge in [0.15, 0.2) is 5.82 Å². The zero-order chi connectivity index (χ0) is 13.4. The summed E-state index contributed by atoms with van der Waals surface area (Å²) in [5.74, 6) is 0.973. The van der Waals surface area contributed by atoms with Gasteiger partial charge in [0.05, 0.1) is 6.54 Å². The minimum absolute atomic E-state index is 0.436. The first-order valence-corrected chi connectivity index (χ1v) is 6.58. The molecule has 0 bridgehead atoms. The first-order valence-electron chi connectivity index (χ1n) is 6.17. The molecule has 0 radical (unpaired) electrons. The lowest BCUT2D eigenvalue weighted by Gasteiger charge is -2.30. The van der Waals surface area contributed by atoms with Crippen molar-refractivity contribution >= 4 is 22.9 Å². The lowest BCUT2D eigenvalue weighted by molar-refractivity contribution is 0.560. The van der Waals surface area contributed by atoms with E-state index in [1.165, 1.54) is 0 Å². The van der Waals surface area contributed by atoms with Gasteiger partial charge < -0.3 is 15.2 Å². The van der Waals surface area contributed by atoms with E-state index in [4.69, 9.17) is 18.0 Å². The number of rotatable bonds is 2. The van der Waals surface area contributed by atoms with E-state index >= 15 is 0 Å². The number of anilines is 1. The monoisotopic (exact) mass is 273 g/mol. The van der Waals surface area contributed by atoms with Crippen molar-refractivity contribution in [1.82, 2.24) is 14.8 Å². The highest BCUT2D eigenvalue weighted by molar-refractivity contribution is 7.80. The van der Waals surface area contributed by atoms with E-state index in [1.54, 1.807) is 6.33 Å². The minimum atomic E-state index is 0.436. The Bertz CT molecular complexity index is 634. The number of benzene rings is 1. The van der Waals surface area contributed by atoms with Crippen LogP contribution >= 0.6 is 12.2 Å². The molecule has 2 N–H and O–H groups in total. The van der Waals surface area contributed by atoms with Crippen molar-refractivity contribution in [3.8, 4) is 0 Å². The molecule has 0 saturated carbocycles. The van der Waals surface area contributed by atoms with Crippen molar-refractivity contribution in [3.63, 3.8) is 0 Å². The van der Waals surface area contributed by atoms with Gasteiger partial charge in [-0.05, 0) is 19.1 Å². The Morgan fingerprint density at radius 3 is 3.00 bits per heavy atom. The third-order valence-electron chi connectivity index (χ3n) is 3.40. The summed E-state index contributed by atoms with van der Waals surface area (Å²) in [5, 5.41) is 8.07. The summed E-state index contributed by atoms with van der Waals surface area (Å²) in [7, 11) is 0. The average Bonchev–Trinajstić information content (AvgIpc) is 2.85. The summed E-state index contributed by atoms with van der Waals surface area (Å²) in [6.45, 7) is 4.56. The SMILES string of the molecule is Cc1ccc(N2CCn3cnnc3C2)c(C(N)=S)c1. The molecule has 1 aromatic heterocycles. The predicted molar refractivity (Wildman–Crippen MR) is 78.1 cm³/mol. The Labute approximate surface area is 117 Å². The van der Waals surface area contributed by atoms with Crippen LogP contribution in [0.15, 0.2) is 24.5 Å². The number of hydrogen-bond acceptors (Lipinski definition) is 4. The molecule has 0 atom stereocenters. The lowest BCUT2D eigenvalue weighted by Crippen LogP contribution is -2.35. The molecule has 0 saturated heterocycles. The number of hydrogen-bond donors (Lipinski definition) is 1. The average molecular weight is 273 g/mol. The van der Waals surface area contributed by atoms with Gasteiger partial charge in [0.2, 0.25) is 0 Å². The van der Waals surface area contributed by atoms with E-state index in [0.29, 0.717) is 4.99 Å². The van der Waals surface area contributed by atoms with Gasteiger partial charge in [0, 0.05) is 24.3 Å². The number of nitrogens with two attached hydrogens (primary N) is 1. The molecule has 0 fully saturated rings. The Morgan fingerprint density at radius 2 is 2.21 bits per heavy atom. The van der Waals surface area contributed by atoms with E-state index in [2.05, 4.69) is 31.8 Å². The molecular formula is C13H15N5S. The predicted octanol–water partition coefficient (Wildman–Crippen LogP) is 1.24. The van der Waals surface area contributed by atoms with Crippen LogP contribution in [0.2, 0.25) is 0 Å². The topological polar surface area (TPSA) is 60.0 Å². The van der Waals surface area contributed by atoms with Crippen LogP contribution in [0.5, 0.6) is 0 Å². The second kappa shape index (κ2) is 4.62. The highest BCUT2D eigenvalue weighted by Gasteiger charge is 2.20. The van der Waals surface area contributed by atoms with Crippen molar-refractivity contribution < 1.29 is 0 Å². The Kier molecular flexibility index (Phi) is 2.94. The molecule has 0 amide bonds. The van der Waals surface area contributed by atoms with Gasteiger partial charge in [-0.1, -0.05) is 23.8 Å². The fraction of sp³-hybridized carbons (Fsp3) is 0.308. The van der Waals surface area contributed by atoms with E-state index in [9.17, 15) is 0 Å². The largest absolute Gasteiger partial charge is 0.389 e. The van der Waals surface area contributed by atoms with Crippen LogP contribution in [0.4, 0.5) is 5.69 Å². The number of aryl methyl sites for hydroxylation is 1. The van der Waals surface area contributed by atoms with Crippen molar-refractivity contribution in [3.05, 3.63) is 41.5 Å². The molecule has 1 aromatic carbocycles. The third-order valence-corrected chi connectivity index (χ3v) is 3.62. The first kappa shape index (κ1) is 12.1. The highest BCUT2D eigenvalue weighted by Crippen LogP contribution is 2.25. The van der Waals surface area contributed by atoms with Crippen LogP contribution in [0, 0.1) is 6.92 Å². The number of nitrogens with zero attached hydrogens (tertiary/aromatic N) is 4. The van der Waals surface area contributed by atoms with E-state index in [1.807, 2.05) is 13.0 Å². The van der Waals surface area contributed by atoms with Crippen molar-refractivity contribution in [2.75, 3.05) is 11.4 Å². The lowest BCUT2D eigenvalue weighted by atomic mass is 10.1. The second-order valence-electron chi connectivity index (χ2n) is 4.75. The molecule has 2 heterocycles. The molecule has 5 nitrogen and oxygen atoms in total. The van der Waals surface area contributed by atoms with Gasteiger partial charge in [-0.25, -0.2) is 0 Å². The summed E-state index contributed by atoms with van der Waals surface area (Å²) < 4.78 is 2.07. The summed E-state index contributed by atoms with van der Waals surface area (Å²) in [5.41, 5.74) is 9.00. The molecule has 0 unspecified atom stereocenters. The van der Waals surface area contributed by atoms with Gasteiger partial charge in [-0.15, -0.1) is 10.2 Å². The molecule has 1 aliphatic rings. The van der Waals surface area contributed by atoms with Gasteiger partial charge >= 0.3 is 0 Å². The van der Waals surface area contributed by atoms with Gasteiger partial charge in [0.25, 0.3) is 0 Å². The number of thiocarbonyl (C=S) groups is 1. The third kappa shape index (κ3) is 2.19. The van der Waals surface area contributed by atoms with Crippen molar-refractivity contribution in [2.45, 2.75) is 20.0 Å². The molecule has 0 spiro atoms. The standard InChI is InChI=1S/C13H15N5S/c1-9-2-3-11(10(6-9)13(14)19)17-4-5-18-8-15-16-12(18)7-17/h2-3,6,8H,4-5,7H2,1H3,(H2,14,19). The van der Waals surface area contributed by atoms with E-state index < -0.39 is 0 Å². The second-order valence-corrected chi connectivity index (χ2v) is 5.19. The zero-order valence-corrected chi connectivity index (χ0v) is 11.5. The molecular weight excluding hydrogens is 258 g/mol. The van der Waals surface area contributed by atoms with Crippen LogP contribution in [-0.4, -0.2) is 26.3 Å². The maximum Gasteiger partial charge on any atom is 0.152 e.